The summed E-state index contributed by atoms with van der Waals surface area (Å²) in [5.41, 5.74) is 15.3. The molecule has 1 aromatic heterocycles. The molecule has 0 aliphatic carbocycles. The monoisotopic (exact) mass is 328 g/mol. The number of nitrogens with two attached hydrogens (primary N) is 2. The van der Waals surface area contributed by atoms with Crippen molar-refractivity contribution in [1.29, 1.82) is 0 Å². The molecule has 24 heavy (non-hydrogen) atoms. The highest BCUT2D eigenvalue weighted by Gasteiger charge is 2.21. The van der Waals surface area contributed by atoms with Crippen LogP contribution in [0.15, 0.2) is 24.4 Å². The predicted molar refractivity (Wildman–Crippen MR) is 92.7 cm³/mol. The zero-order valence-corrected chi connectivity index (χ0v) is 13.5. The van der Waals surface area contributed by atoms with Crippen LogP contribution in [-0.4, -0.2) is 29.2 Å². The molecule has 0 fully saturated rings. The fraction of sp³-hybridized carbons (Fsp3) is 0.312. The Morgan fingerprint density at radius 3 is 3.00 bits per heavy atom. The molecule has 0 saturated carbocycles. The lowest BCUT2D eigenvalue weighted by atomic mass is 10.1. The number of hydrogen-bond acceptors (Lipinski definition) is 7. The summed E-state index contributed by atoms with van der Waals surface area (Å²) in [5, 5.41) is 2.72. The summed E-state index contributed by atoms with van der Waals surface area (Å²) in [4.78, 5) is 21.7. The standard InChI is InChI=1S/C16H20N6O2/c1-2-24-16(23)20-12-3-4-13-10(7-12)5-6-22(13)9-11-8-19-15(18)21-14(11)17/h3-4,7-8H,2,5-6,9H2,1H3,(H,20,23)(H4,17,18,19,21). The molecule has 1 aromatic carbocycles. The van der Waals surface area contributed by atoms with E-state index in [1.807, 2.05) is 18.2 Å². The molecule has 1 amide bonds. The van der Waals surface area contributed by atoms with E-state index in [2.05, 4.69) is 20.2 Å². The van der Waals surface area contributed by atoms with Crippen LogP contribution in [0.2, 0.25) is 0 Å². The number of benzene rings is 1. The lowest BCUT2D eigenvalue weighted by molar-refractivity contribution is 0.168. The highest BCUT2D eigenvalue weighted by molar-refractivity contribution is 5.85. The van der Waals surface area contributed by atoms with Crippen LogP contribution in [0, 0.1) is 0 Å². The van der Waals surface area contributed by atoms with Gasteiger partial charge in [0, 0.05) is 36.2 Å². The molecule has 5 N–H and O–H groups in total. The summed E-state index contributed by atoms with van der Waals surface area (Å²) < 4.78 is 4.89. The van der Waals surface area contributed by atoms with Gasteiger partial charge in [0.15, 0.2) is 0 Å². The first-order chi connectivity index (χ1) is 11.6. The number of rotatable bonds is 4. The Labute approximate surface area is 139 Å². The van der Waals surface area contributed by atoms with Crippen LogP contribution in [0.5, 0.6) is 0 Å². The fourth-order valence-electron chi connectivity index (χ4n) is 2.76. The van der Waals surface area contributed by atoms with Crippen LogP contribution in [0.4, 0.5) is 27.9 Å². The lowest BCUT2D eigenvalue weighted by Gasteiger charge is -2.20. The Balaban J connectivity index is 1.74. The van der Waals surface area contributed by atoms with Gasteiger partial charge in [-0.1, -0.05) is 0 Å². The summed E-state index contributed by atoms with van der Waals surface area (Å²) in [7, 11) is 0. The molecular formula is C16H20N6O2. The highest BCUT2D eigenvalue weighted by Crippen LogP contribution is 2.32. The van der Waals surface area contributed by atoms with E-state index in [4.69, 9.17) is 16.2 Å². The van der Waals surface area contributed by atoms with Crippen LogP contribution in [-0.2, 0) is 17.7 Å². The number of ether oxygens (including phenoxy) is 1. The molecular weight excluding hydrogens is 308 g/mol. The molecule has 0 bridgehead atoms. The third-order valence-corrected chi connectivity index (χ3v) is 3.87. The normalized spacial score (nSPS) is 12.8. The summed E-state index contributed by atoms with van der Waals surface area (Å²) in [6.07, 6.45) is 2.11. The number of carbonyl (C=O) groups is 1. The van der Waals surface area contributed by atoms with Crippen LogP contribution in [0.1, 0.15) is 18.1 Å². The van der Waals surface area contributed by atoms with Gasteiger partial charge in [0.1, 0.15) is 5.82 Å². The van der Waals surface area contributed by atoms with Crippen molar-refractivity contribution in [2.24, 2.45) is 0 Å². The Bertz CT molecular complexity index is 764. The third-order valence-electron chi connectivity index (χ3n) is 3.87. The molecule has 0 atom stereocenters. The molecule has 0 unspecified atom stereocenters. The maximum Gasteiger partial charge on any atom is 0.411 e. The van der Waals surface area contributed by atoms with E-state index in [9.17, 15) is 4.79 Å². The van der Waals surface area contributed by atoms with Crippen LogP contribution in [0.25, 0.3) is 0 Å². The van der Waals surface area contributed by atoms with Gasteiger partial charge >= 0.3 is 6.09 Å². The fourth-order valence-corrected chi connectivity index (χ4v) is 2.76. The number of aromatic nitrogens is 2. The molecule has 8 heteroatoms. The number of carbonyl (C=O) groups excluding carboxylic acids is 1. The van der Waals surface area contributed by atoms with Crippen molar-refractivity contribution in [3.8, 4) is 0 Å². The van der Waals surface area contributed by atoms with E-state index in [0.717, 1.165) is 29.9 Å². The summed E-state index contributed by atoms with van der Waals surface area (Å²) in [5.74, 6) is 0.573. The first-order valence-corrected chi connectivity index (χ1v) is 7.75. The van der Waals surface area contributed by atoms with Gasteiger partial charge in [0.25, 0.3) is 0 Å². The minimum atomic E-state index is -0.445. The number of fused-ring (bicyclic) bond motifs is 1. The zero-order valence-electron chi connectivity index (χ0n) is 13.5. The van der Waals surface area contributed by atoms with Crippen molar-refractivity contribution in [2.45, 2.75) is 19.9 Å². The van der Waals surface area contributed by atoms with Gasteiger partial charge in [0.2, 0.25) is 5.95 Å². The van der Waals surface area contributed by atoms with Gasteiger partial charge in [-0.05, 0) is 37.1 Å². The molecule has 1 aliphatic heterocycles. The van der Waals surface area contributed by atoms with Gasteiger partial charge in [-0.2, -0.15) is 4.98 Å². The largest absolute Gasteiger partial charge is 0.450 e. The molecule has 3 rings (SSSR count). The number of anilines is 4. The van der Waals surface area contributed by atoms with Gasteiger partial charge in [-0.25, -0.2) is 9.78 Å². The summed E-state index contributed by atoms with van der Waals surface area (Å²) >= 11 is 0. The predicted octanol–water partition coefficient (Wildman–Crippen LogP) is 1.77. The van der Waals surface area contributed by atoms with E-state index in [1.54, 1.807) is 13.1 Å². The number of nitrogens with zero attached hydrogens (tertiary/aromatic N) is 3. The molecule has 0 saturated heterocycles. The Kier molecular flexibility index (Phi) is 4.37. The van der Waals surface area contributed by atoms with E-state index in [1.165, 1.54) is 5.56 Å². The van der Waals surface area contributed by atoms with E-state index < -0.39 is 6.09 Å². The Morgan fingerprint density at radius 1 is 1.42 bits per heavy atom. The molecule has 2 aromatic rings. The van der Waals surface area contributed by atoms with Crippen LogP contribution in [0.3, 0.4) is 0 Å². The molecule has 126 valence electrons. The summed E-state index contributed by atoms with van der Waals surface area (Å²) in [6.45, 7) is 3.59. The maximum absolute atomic E-state index is 11.5. The van der Waals surface area contributed by atoms with Crippen molar-refractivity contribution in [3.63, 3.8) is 0 Å². The van der Waals surface area contributed by atoms with Crippen molar-refractivity contribution in [2.75, 3.05) is 34.8 Å². The molecule has 1 aliphatic rings. The van der Waals surface area contributed by atoms with Gasteiger partial charge in [-0.3, -0.25) is 5.32 Å². The third kappa shape index (κ3) is 3.32. The second-order valence-electron chi connectivity index (χ2n) is 5.50. The second-order valence-corrected chi connectivity index (χ2v) is 5.50. The number of nitrogens with one attached hydrogen (secondary N) is 1. The second kappa shape index (κ2) is 6.61. The van der Waals surface area contributed by atoms with E-state index in [-0.39, 0.29) is 5.95 Å². The van der Waals surface area contributed by atoms with Gasteiger partial charge in [-0.15, -0.1) is 0 Å². The Hall–Kier alpha value is -3.03. The minimum Gasteiger partial charge on any atom is -0.450 e. The molecule has 8 nitrogen and oxygen atoms in total. The van der Waals surface area contributed by atoms with E-state index >= 15 is 0 Å². The average molecular weight is 328 g/mol. The van der Waals surface area contributed by atoms with E-state index in [0.29, 0.717) is 19.0 Å². The van der Waals surface area contributed by atoms with Crippen molar-refractivity contribution < 1.29 is 9.53 Å². The molecule has 0 radical (unpaired) electrons. The van der Waals surface area contributed by atoms with Gasteiger partial charge in [0.05, 0.1) is 6.61 Å². The first-order valence-electron chi connectivity index (χ1n) is 7.75. The lowest BCUT2D eigenvalue weighted by Crippen LogP contribution is -2.21. The van der Waals surface area contributed by atoms with Crippen molar-refractivity contribution in [3.05, 3.63) is 35.5 Å². The highest BCUT2D eigenvalue weighted by atomic mass is 16.5. The smallest absolute Gasteiger partial charge is 0.411 e. The number of amides is 1. The molecule has 0 spiro atoms. The zero-order chi connectivity index (χ0) is 17.1. The SMILES string of the molecule is CCOC(=O)Nc1ccc2c(c1)CCN2Cc1cnc(N)nc1N. The maximum atomic E-state index is 11.5. The topological polar surface area (TPSA) is 119 Å². The van der Waals surface area contributed by atoms with Gasteiger partial charge < -0.3 is 21.1 Å². The average Bonchev–Trinajstić information content (AvgIpc) is 2.92. The minimum absolute atomic E-state index is 0.174. The number of hydrogen-bond donors (Lipinski definition) is 3. The Morgan fingerprint density at radius 2 is 2.25 bits per heavy atom. The van der Waals surface area contributed by atoms with Crippen LogP contribution >= 0.6 is 0 Å². The summed E-state index contributed by atoms with van der Waals surface area (Å²) in [6, 6.07) is 5.81. The van der Waals surface area contributed by atoms with Crippen molar-refractivity contribution >= 4 is 29.2 Å². The quantitative estimate of drug-likeness (QED) is 0.782. The number of nitrogen functional groups attached to an aromatic ring is 2. The van der Waals surface area contributed by atoms with Crippen molar-refractivity contribution in [1.82, 2.24) is 9.97 Å². The molecule has 2 heterocycles. The van der Waals surface area contributed by atoms with Crippen LogP contribution < -0.4 is 21.7 Å². The first kappa shape index (κ1) is 15.9.